The van der Waals surface area contributed by atoms with Gasteiger partial charge in [0.05, 0.1) is 12.2 Å². The fourth-order valence-electron chi connectivity index (χ4n) is 1.69. The van der Waals surface area contributed by atoms with Gasteiger partial charge >= 0.3 is 0 Å². The van der Waals surface area contributed by atoms with Crippen molar-refractivity contribution in [2.24, 2.45) is 0 Å². The summed E-state index contributed by atoms with van der Waals surface area (Å²) in [6.07, 6.45) is 0.479. The van der Waals surface area contributed by atoms with E-state index in [0.29, 0.717) is 5.95 Å². The summed E-state index contributed by atoms with van der Waals surface area (Å²) in [6, 6.07) is 0. The zero-order valence-corrected chi connectivity index (χ0v) is 9.12. The lowest BCUT2D eigenvalue weighted by Crippen LogP contribution is -2.45. The van der Waals surface area contributed by atoms with E-state index in [-0.39, 0.29) is 12.2 Å². The molecular formula is C8H14N4OS. The van der Waals surface area contributed by atoms with Gasteiger partial charge in [-0.2, -0.15) is 9.36 Å². The van der Waals surface area contributed by atoms with Crippen molar-refractivity contribution in [1.82, 2.24) is 9.36 Å². The molecule has 2 atom stereocenters. The molecule has 5 nitrogen and oxygen atoms in total. The van der Waals surface area contributed by atoms with Crippen LogP contribution < -0.4 is 10.6 Å². The monoisotopic (exact) mass is 214 g/mol. The minimum absolute atomic E-state index is 0.240. The van der Waals surface area contributed by atoms with E-state index in [2.05, 4.69) is 28.1 Å². The number of anilines is 2. The van der Waals surface area contributed by atoms with Crippen molar-refractivity contribution in [2.75, 3.05) is 23.7 Å². The molecular weight excluding hydrogens is 200 g/mol. The normalized spacial score (nSPS) is 28.0. The Kier molecular flexibility index (Phi) is 2.56. The molecule has 1 aliphatic heterocycles. The number of rotatable bonds is 1. The Balaban J connectivity index is 2.10. The maximum Gasteiger partial charge on any atom is 0.233 e. The molecule has 2 unspecified atom stereocenters. The molecule has 14 heavy (non-hydrogen) atoms. The third-order valence-electron chi connectivity index (χ3n) is 2.12. The highest BCUT2D eigenvalue weighted by atomic mass is 32.1. The second-order valence-electron chi connectivity index (χ2n) is 3.60. The van der Waals surface area contributed by atoms with Crippen LogP contribution >= 0.6 is 11.5 Å². The Morgan fingerprint density at radius 2 is 2.07 bits per heavy atom. The maximum atomic E-state index is 5.63. The molecule has 1 aromatic rings. The van der Waals surface area contributed by atoms with Gasteiger partial charge in [-0.05, 0) is 13.8 Å². The van der Waals surface area contributed by atoms with Gasteiger partial charge in [-0.25, -0.2) is 0 Å². The summed E-state index contributed by atoms with van der Waals surface area (Å²) in [4.78, 5) is 6.33. The summed E-state index contributed by atoms with van der Waals surface area (Å²) in [5.41, 5.74) is 5.48. The topological polar surface area (TPSA) is 64.3 Å². The SMILES string of the molecule is CC1CN(c2nc(N)ns2)CC(C)O1. The van der Waals surface area contributed by atoms with E-state index >= 15 is 0 Å². The Labute approximate surface area is 87.0 Å². The Bertz CT molecular complexity index is 306. The number of nitrogen functional groups attached to an aromatic ring is 1. The van der Waals surface area contributed by atoms with Crippen molar-refractivity contribution in [2.45, 2.75) is 26.1 Å². The maximum absolute atomic E-state index is 5.63. The lowest BCUT2D eigenvalue weighted by molar-refractivity contribution is -0.00522. The van der Waals surface area contributed by atoms with E-state index in [1.165, 1.54) is 11.5 Å². The van der Waals surface area contributed by atoms with Gasteiger partial charge in [0, 0.05) is 24.6 Å². The Hall–Kier alpha value is -0.880. The van der Waals surface area contributed by atoms with Crippen molar-refractivity contribution in [1.29, 1.82) is 0 Å². The molecule has 2 rings (SSSR count). The predicted octanol–water partition coefficient (Wildman–Crippen LogP) is 0.734. The second-order valence-corrected chi connectivity index (χ2v) is 4.33. The molecule has 2 heterocycles. The summed E-state index contributed by atoms with van der Waals surface area (Å²) in [6.45, 7) is 5.85. The summed E-state index contributed by atoms with van der Waals surface area (Å²) in [7, 11) is 0. The van der Waals surface area contributed by atoms with Crippen LogP contribution in [-0.2, 0) is 4.74 Å². The molecule has 0 bridgehead atoms. The Morgan fingerprint density at radius 1 is 1.43 bits per heavy atom. The van der Waals surface area contributed by atoms with E-state index < -0.39 is 0 Å². The van der Waals surface area contributed by atoms with E-state index in [4.69, 9.17) is 10.5 Å². The summed E-state index contributed by atoms with van der Waals surface area (Å²) < 4.78 is 9.60. The number of nitrogens with two attached hydrogens (primary N) is 1. The van der Waals surface area contributed by atoms with Crippen LogP contribution in [0.3, 0.4) is 0 Å². The molecule has 0 saturated carbocycles. The smallest absolute Gasteiger partial charge is 0.233 e. The lowest BCUT2D eigenvalue weighted by Gasteiger charge is -2.34. The van der Waals surface area contributed by atoms with Crippen LogP contribution in [-0.4, -0.2) is 34.7 Å². The molecule has 0 radical (unpaired) electrons. The highest BCUT2D eigenvalue weighted by molar-refractivity contribution is 7.09. The first-order valence-corrected chi connectivity index (χ1v) is 5.42. The van der Waals surface area contributed by atoms with Gasteiger partial charge in [-0.15, -0.1) is 0 Å². The number of ether oxygens (including phenoxy) is 1. The van der Waals surface area contributed by atoms with Crippen LogP contribution in [0.4, 0.5) is 11.1 Å². The zero-order chi connectivity index (χ0) is 10.1. The molecule has 78 valence electrons. The van der Waals surface area contributed by atoms with Gasteiger partial charge < -0.3 is 15.4 Å². The van der Waals surface area contributed by atoms with Crippen LogP contribution in [0.25, 0.3) is 0 Å². The third kappa shape index (κ3) is 1.96. The summed E-state index contributed by atoms with van der Waals surface area (Å²) in [5, 5.41) is 0.893. The van der Waals surface area contributed by atoms with Gasteiger partial charge in [-0.3, -0.25) is 0 Å². The summed E-state index contributed by atoms with van der Waals surface area (Å²) >= 11 is 1.34. The first-order chi connectivity index (χ1) is 6.65. The molecule has 0 aliphatic carbocycles. The minimum Gasteiger partial charge on any atom is -0.372 e. The Morgan fingerprint density at radius 3 is 2.57 bits per heavy atom. The van der Waals surface area contributed by atoms with E-state index in [1.807, 2.05) is 0 Å². The number of hydrogen-bond acceptors (Lipinski definition) is 6. The molecule has 0 amide bonds. The number of aromatic nitrogens is 2. The van der Waals surface area contributed by atoms with Crippen molar-refractivity contribution < 1.29 is 4.74 Å². The van der Waals surface area contributed by atoms with E-state index in [1.54, 1.807) is 0 Å². The van der Waals surface area contributed by atoms with E-state index in [0.717, 1.165) is 18.2 Å². The number of nitrogens with zero attached hydrogens (tertiary/aromatic N) is 3. The van der Waals surface area contributed by atoms with Crippen molar-refractivity contribution in [3.05, 3.63) is 0 Å². The van der Waals surface area contributed by atoms with E-state index in [9.17, 15) is 0 Å². The van der Waals surface area contributed by atoms with Crippen molar-refractivity contribution >= 4 is 22.6 Å². The fraction of sp³-hybridized carbons (Fsp3) is 0.750. The second kappa shape index (κ2) is 3.70. The first-order valence-electron chi connectivity index (χ1n) is 4.64. The molecule has 1 aromatic heterocycles. The fourth-order valence-corrected chi connectivity index (χ4v) is 2.30. The largest absolute Gasteiger partial charge is 0.372 e. The van der Waals surface area contributed by atoms with Crippen LogP contribution in [0.5, 0.6) is 0 Å². The highest BCUT2D eigenvalue weighted by Crippen LogP contribution is 2.22. The number of morpholine rings is 1. The first kappa shape index (κ1) is 9.67. The van der Waals surface area contributed by atoms with Gasteiger partial charge in [0.2, 0.25) is 11.1 Å². The van der Waals surface area contributed by atoms with Crippen LogP contribution in [0.2, 0.25) is 0 Å². The average molecular weight is 214 g/mol. The van der Waals surface area contributed by atoms with Crippen LogP contribution in [0.1, 0.15) is 13.8 Å². The molecule has 1 fully saturated rings. The summed E-state index contributed by atoms with van der Waals surface area (Å²) in [5.74, 6) is 0.358. The molecule has 6 heteroatoms. The van der Waals surface area contributed by atoms with Crippen LogP contribution in [0, 0.1) is 0 Å². The molecule has 2 N–H and O–H groups in total. The quantitative estimate of drug-likeness (QED) is 0.746. The van der Waals surface area contributed by atoms with Gasteiger partial charge in [0.15, 0.2) is 0 Å². The molecule has 1 saturated heterocycles. The highest BCUT2D eigenvalue weighted by Gasteiger charge is 2.24. The molecule has 0 aromatic carbocycles. The van der Waals surface area contributed by atoms with Gasteiger partial charge in [0.1, 0.15) is 0 Å². The van der Waals surface area contributed by atoms with Crippen molar-refractivity contribution in [3.8, 4) is 0 Å². The standard InChI is InChI=1S/C8H14N4OS/c1-5-3-12(4-6(2)13-5)8-10-7(9)11-14-8/h5-6H,3-4H2,1-2H3,(H2,9,11). The number of hydrogen-bond donors (Lipinski definition) is 1. The third-order valence-corrected chi connectivity index (χ3v) is 2.91. The van der Waals surface area contributed by atoms with Crippen LogP contribution in [0.15, 0.2) is 0 Å². The lowest BCUT2D eigenvalue weighted by atomic mass is 10.2. The van der Waals surface area contributed by atoms with Gasteiger partial charge in [-0.1, -0.05) is 0 Å². The van der Waals surface area contributed by atoms with Gasteiger partial charge in [0.25, 0.3) is 0 Å². The van der Waals surface area contributed by atoms with Crippen molar-refractivity contribution in [3.63, 3.8) is 0 Å². The average Bonchev–Trinajstić information content (AvgIpc) is 2.50. The molecule has 0 spiro atoms. The minimum atomic E-state index is 0.240. The predicted molar refractivity (Wildman–Crippen MR) is 56.5 cm³/mol. The zero-order valence-electron chi connectivity index (χ0n) is 8.30. The molecule has 1 aliphatic rings.